The molecule has 1 aromatic carbocycles. The van der Waals surface area contributed by atoms with Gasteiger partial charge in [0.25, 0.3) is 17.4 Å². The van der Waals surface area contributed by atoms with Crippen LogP contribution in [0.1, 0.15) is 59.7 Å². The Hall–Kier alpha value is -3.99. The van der Waals surface area contributed by atoms with Gasteiger partial charge in [-0.1, -0.05) is 13.8 Å². The predicted molar refractivity (Wildman–Crippen MR) is 136 cm³/mol. The normalized spacial score (nSPS) is 17.0. The number of aliphatic hydroxyl groups is 1. The van der Waals surface area contributed by atoms with Crippen LogP contribution in [0.15, 0.2) is 29.8 Å². The van der Waals surface area contributed by atoms with Crippen molar-refractivity contribution in [2.75, 3.05) is 32.8 Å². The minimum absolute atomic E-state index is 0.139. The number of Topliss-reactive ketones (excluding diaryl/α,β-unsaturated/α-hetero) is 1. The number of likely N-dealkylation sites (N-methyl/N-ethyl adjacent to an activating group) is 1. The van der Waals surface area contributed by atoms with Crippen LogP contribution < -0.4 is 0 Å². The number of hydrogen-bond donors (Lipinski definition) is 2. The van der Waals surface area contributed by atoms with Crippen LogP contribution in [0, 0.1) is 24.0 Å². The summed E-state index contributed by atoms with van der Waals surface area (Å²) in [5.41, 5.74) is 1.35. The molecule has 0 radical (unpaired) electrons. The first-order valence-corrected chi connectivity index (χ1v) is 12.2. The summed E-state index contributed by atoms with van der Waals surface area (Å²) in [6, 6.07) is 4.59. The fourth-order valence-corrected chi connectivity index (χ4v) is 4.67. The van der Waals surface area contributed by atoms with E-state index in [2.05, 4.69) is 9.88 Å². The molecule has 1 atom stereocenters. The van der Waals surface area contributed by atoms with E-state index in [9.17, 15) is 29.6 Å². The molecule has 11 heteroatoms. The van der Waals surface area contributed by atoms with E-state index in [0.717, 1.165) is 13.1 Å². The molecule has 11 nitrogen and oxygen atoms in total. The van der Waals surface area contributed by atoms with Crippen LogP contribution in [-0.2, 0) is 14.3 Å². The summed E-state index contributed by atoms with van der Waals surface area (Å²) in [6.45, 7) is 11.3. The summed E-state index contributed by atoms with van der Waals surface area (Å²) < 4.78 is 5.08. The number of nitro benzene ring substituents is 1. The van der Waals surface area contributed by atoms with Crippen molar-refractivity contribution in [3.8, 4) is 0 Å². The van der Waals surface area contributed by atoms with Gasteiger partial charge in [-0.15, -0.1) is 0 Å². The fourth-order valence-electron chi connectivity index (χ4n) is 4.67. The van der Waals surface area contributed by atoms with Crippen molar-refractivity contribution in [3.05, 3.63) is 68.0 Å². The van der Waals surface area contributed by atoms with Gasteiger partial charge in [0.2, 0.25) is 0 Å². The van der Waals surface area contributed by atoms with Gasteiger partial charge >= 0.3 is 5.97 Å². The molecule has 2 N–H and O–H groups in total. The quantitative estimate of drug-likeness (QED) is 0.123. The van der Waals surface area contributed by atoms with E-state index in [1.807, 2.05) is 13.8 Å². The standard InChI is InChI=1S/C26H32N4O7/c1-6-28(7-2)13-14-29-22(17-9-11-18(12-10-17)30(35)36)20(24(32)25(29)33)23(31)19-15(4)21(27-16(19)5)26(34)37-8-3/h9-12,22,27,31H,6-8,13-14H2,1-5H3. The average Bonchev–Trinajstić information content (AvgIpc) is 3.31. The zero-order valence-electron chi connectivity index (χ0n) is 21.7. The Balaban J connectivity index is 2.18. The Morgan fingerprint density at radius 3 is 2.32 bits per heavy atom. The number of aromatic nitrogens is 1. The molecule has 2 aromatic rings. The number of likely N-dealkylation sites (tertiary alicyclic amines) is 1. The van der Waals surface area contributed by atoms with E-state index >= 15 is 0 Å². The Morgan fingerprint density at radius 1 is 1.16 bits per heavy atom. The third-order valence-corrected chi connectivity index (χ3v) is 6.67. The maximum atomic E-state index is 13.3. The number of non-ortho nitro benzene ring substituents is 1. The van der Waals surface area contributed by atoms with Crippen molar-refractivity contribution in [2.24, 2.45) is 0 Å². The molecular formula is C26H32N4O7. The molecule has 1 aliphatic rings. The number of amides is 1. The monoisotopic (exact) mass is 512 g/mol. The number of nitrogens with one attached hydrogen (secondary N) is 1. The number of ether oxygens (including phenoxy) is 1. The smallest absolute Gasteiger partial charge is 0.355 e. The highest BCUT2D eigenvalue weighted by Crippen LogP contribution is 2.41. The first kappa shape index (κ1) is 27.6. The number of nitro groups is 1. The maximum Gasteiger partial charge on any atom is 0.355 e. The van der Waals surface area contributed by atoms with Crippen LogP contribution in [0.25, 0.3) is 5.76 Å². The SMILES string of the molecule is CCOC(=O)c1[nH]c(C)c(C(O)=C2C(=O)C(=O)N(CCN(CC)CC)C2c2ccc([N+](=O)[O-])cc2)c1C. The number of benzene rings is 1. The summed E-state index contributed by atoms with van der Waals surface area (Å²) >= 11 is 0. The summed E-state index contributed by atoms with van der Waals surface area (Å²) in [5, 5.41) is 22.6. The number of aryl methyl sites for hydroxylation is 1. The van der Waals surface area contributed by atoms with Crippen LogP contribution >= 0.6 is 0 Å². The number of carbonyl (C=O) groups excluding carboxylic acids is 3. The Bertz CT molecular complexity index is 1240. The molecule has 0 saturated carbocycles. The summed E-state index contributed by atoms with van der Waals surface area (Å²) in [6.07, 6.45) is 0. The van der Waals surface area contributed by atoms with Crippen molar-refractivity contribution in [1.82, 2.24) is 14.8 Å². The third-order valence-electron chi connectivity index (χ3n) is 6.67. The minimum atomic E-state index is -0.962. The molecule has 0 bridgehead atoms. The Labute approximate surface area is 214 Å². The molecule has 0 spiro atoms. The lowest BCUT2D eigenvalue weighted by Crippen LogP contribution is -2.38. The second-order valence-corrected chi connectivity index (χ2v) is 8.71. The lowest BCUT2D eigenvalue weighted by atomic mass is 9.94. The lowest BCUT2D eigenvalue weighted by molar-refractivity contribution is -0.384. The van der Waals surface area contributed by atoms with Gasteiger partial charge < -0.3 is 24.6 Å². The van der Waals surface area contributed by atoms with Crippen LogP contribution in [0.5, 0.6) is 0 Å². The van der Waals surface area contributed by atoms with Gasteiger partial charge in [0.15, 0.2) is 0 Å². The molecule has 1 unspecified atom stereocenters. The van der Waals surface area contributed by atoms with Crippen molar-refractivity contribution < 1.29 is 29.2 Å². The summed E-state index contributed by atoms with van der Waals surface area (Å²) in [7, 11) is 0. The van der Waals surface area contributed by atoms with Gasteiger partial charge in [-0.3, -0.25) is 19.7 Å². The largest absolute Gasteiger partial charge is 0.507 e. The maximum absolute atomic E-state index is 13.3. The van der Waals surface area contributed by atoms with Gasteiger partial charge in [0, 0.05) is 36.5 Å². The molecule has 1 amide bonds. The topological polar surface area (TPSA) is 146 Å². The fraction of sp³-hybridized carbons (Fsp3) is 0.423. The van der Waals surface area contributed by atoms with E-state index < -0.39 is 34.4 Å². The number of aromatic amines is 1. The van der Waals surface area contributed by atoms with E-state index in [-0.39, 0.29) is 35.7 Å². The number of nitrogens with zero attached hydrogens (tertiary/aromatic N) is 3. The van der Waals surface area contributed by atoms with E-state index in [1.165, 1.54) is 29.2 Å². The number of hydrogen-bond acceptors (Lipinski definition) is 8. The van der Waals surface area contributed by atoms with Crippen LogP contribution in [-0.4, -0.2) is 75.3 Å². The third kappa shape index (κ3) is 5.26. The number of H-pyrrole nitrogens is 1. The van der Waals surface area contributed by atoms with Crippen LogP contribution in [0.2, 0.25) is 0 Å². The van der Waals surface area contributed by atoms with E-state index in [4.69, 9.17) is 4.74 Å². The molecule has 3 rings (SSSR count). The number of aliphatic hydroxyl groups excluding tert-OH is 1. The van der Waals surface area contributed by atoms with Crippen molar-refractivity contribution in [2.45, 2.75) is 40.7 Å². The van der Waals surface area contributed by atoms with Crippen molar-refractivity contribution in [3.63, 3.8) is 0 Å². The highest BCUT2D eigenvalue weighted by atomic mass is 16.6. The number of rotatable bonds is 10. The lowest BCUT2D eigenvalue weighted by Gasteiger charge is -2.28. The molecule has 1 aromatic heterocycles. The molecule has 1 aliphatic heterocycles. The van der Waals surface area contributed by atoms with Crippen LogP contribution in [0.4, 0.5) is 5.69 Å². The Morgan fingerprint density at radius 2 is 1.78 bits per heavy atom. The predicted octanol–water partition coefficient (Wildman–Crippen LogP) is 3.48. The van der Waals surface area contributed by atoms with Gasteiger partial charge in [0.05, 0.1) is 23.1 Å². The molecule has 1 saturated heterocycles. The second kappa shape index (κ2) is 11.4. The first-order valence-electron chi connectivity index (χ1n) is 12.2. The number of ketones is 1. The average molecular weight is 513 g/mol. The molecule has 37 heavy (non-hydrogen) atoms. The van der Waals surface area contributed by atoms with Crippen LogP contribution in [0.3, 0.4) is 0 Å². The highest BCUT2D eigenvalue weighted by Gasteiger charge is 2.46. The number of carbonyl (C=O) groups is 3. The second-order valence-electron chi connectivity index (χ2n) is 8.71. The van der Waals surface area contributed by atoms with Gasteiger partial charge in [-0.05, 0) is 57.1 Å². The molecule has 198 valence electrons. The molecule has 2 heterocycles. The zero-order valence-corrected chi connectivity index (χ0v) is 21.7. The van der Waals surface area contributed by atoms with Gasteiger partial charge in [0.1, 0.15) is 11.5 Å². The zero-order chi connectivity index (χ0) is 27.4. The summed E-state index contributed by atoms with van der Waals surface area (Å²) in [4.78, 5) is 55.9. The minimum Gasteiger partial charge on any atom is -0.507 e. The van der Waals surface area contributed by atoms with Gasteiger partial charge in [-0.25, -0.2) is 4.79 Å². The molecule has 1 fully saturated rings. The summed E-state index contributed by atoms with van der Waals surface area (Å²) in [5.74, 6) is -2.66. The van der Waals surface area contributed by atoms with Gasteiger partial charge in [-0.2, -0.15) is 0 Å². The van der Waals surface area contributed by atoms with Crippen molar-refractivity contribution >= 4 is 29.1 Å². The first-order chi connectivity index (χ1) is 17.6. The Kier molecular flexibility index (Phi) is 8.49. The highest BCUT2D eigenvalue weighted by molar-refractivity contribution is 6.46. The van der Waals surface area contributed by atoms with E-state index in [0.29, 0.717) is 23.4 Å². The van der Waals surface area contributed by atoms with Crippen molar-refractivity contribution in [1.29, 1.82) is 0 Å². The number of esters is 1. The molecule has 0 aliphatic carbocycles. The van der Waals surface area contributed by atoms with E-state index in [1.54, 1.807) is 20.8 Å². The molecular weight excluding hydrogens is 480 g/mol.